The third-order valence-electron chi connectivity index (χ3n) is 2.33. The molecule has 6 nitrogen and oxygen atoms in total. The Morgan fingerprint density at radius 2 is 1.48 bits per heavy atom. The summed E-state index contributed by atoms with van der Waals surface area (Å²) in [4.78, 5) is 26.0. The third-order valence-corrected chi connectivity index (χ3v) is 2.33. The van der Waals surface area contributed by atoms with Crippen LogP contribution >= 0.6 is 0 Å². The van der Waals surface area contributed by atoms with Gasteiger partial charge in [-0.15, -0.1) is 0 Å². The molecule has 23 heavy (non-hydrogen) atoms. The fourth-order valence-electron chi connectivity index (χ4n) is 1.36. The number of benzene rings is 1. The molecule has 0 saturated heterocycles. The molecule has 2 aromatic rings. The smallest absolute Gasteiger partial charge is 0.344 e. The van der Waals surface area contributed by atoms with E-state index in [0.29, 0.717) is 17.9 Å². The molecule has 114 valence electrons. The Kier molecular flexibility index (Phi) is 5.96. The molecule has 0 aliphatic rings. The zero-order valence-corrected chi connectivity index (χ0v) is 12.0. The second-order valence-corrected chi connectivity index (χ2v) is 3.98. The SMILES string of the molecule is O=c1on(OCC#CCC#CCC#Cc2ccccc2)oc1=O. The van der Waals surface area contributed by atoms with Crippen molar-refractivity contribution in [2.75, 3.05) is 6.61 Å². The van der Waals surface area contributed by atoms with Crippen molar-refractivity contribution >= 4 is 0 Å². The number of hydrogen-bond acceptors (Lipinski definition) is 5. The highest BCUT2D eigenvalue weighted by atomic mass is 17.0. The number of aromatic nitrogens is 1. The molecule has 1 aromatic carbocycles. The van der Waals surface area contributed by atoms with E-state index in [2.05, 4.69) is 44.6 Å². The molecule has 0 bridgehead atoms. The van der Waals surface area contributed by atoms with Crippen molar-refractivity contribution in [3.05, 3.63) is 56.7 Å². The maximum Gasteiger partial charge on any atom is 0.449 e. The summed E-state index contributed by atoms with van der Waals surface area (Å²) in [6.07, 6.45) is 0.822. The molecule has 2 rings (SSSR count). The third kappa shape index (κ3) is 5.75. The molecule has 0 aliphatic heterocycles. The molecule has 0 saturated carbocycles. The molecule has 0 amide bonds. The Labute approximate surface area is 131 Å². The molecule has 0 N–H and O–H groups in total. The van der Waals surface area contributed by atoms with Crippen LogP contribution in [-0.4, -0.2) is 11.7 Å². The molecule has 0 aliphatic carbocycles. The minimum Gasteiger partial charge on any atom is -0.344 e. The van der Waals surface area contributed by atoms with Crippen molar-refractivity contribution in [3.8, 4) is 35.5 Å². The van der Waals surface area contributed by atoms with Crippen LogP contribution in [0.15, 0.2) is 49.0 Å². The van der Waals surface area contributed by atoms with Crippen molar-refractivity contribution < 1.29 is 13.9 Å². The van der Waals surface area contributed by atoms with Crippen LogP contribution in [0.4, 0.5) is 0 Å². The van der Waals surface area contributed by atoms with Gasteiger partial charge in [-0.2, -0.15) is 0 Å². The largest absolute Gasteiger partial charge is 0.449 e. The van der Waals surface area contributed by atoms with Gasteiger partial charge in [0.1, 0.15) is 5.08 Å². The Hall–Kier alpha value is -3.56. The summed E-state index contributed by atoms with van der Waals surface area (Å²) in [6.45, 7) is -0.101. The lowest BCUT2D eigenvalue weighted by Crippen LogP contribution is -2.14. The molecule has 0 radical (unpaired) electrons. The van der Waals surface area contributed by atoms with Crippen LogP contribution in [0.5, 0.6) is 0 Å². The first-order chi connectivity index (χ1) is 11.3. The minimum absolute atomic E-state index is 0.101. The van der Waals surface area contributed by atoms with E-state index in [1.165, 1.54) is 0 Å². The van der Waals surface area contributed by atoms with Crippen molar-refractivity contribution in [2.24, 2.45) is 0 Å². The van der Waals surface area contributed by atoms with Crippen LogP contribution < -0.4 is 16.1 Å². The number of rotatable bonds is 2. The summed E-state index contributed by atoms with van der Waals surface area (Å²) < 4.78 is 8.54. The molecule has 0 unspecified atom stereocenters. The van der Waals surface area contributed by atoms with Gasteiger partial charge >= 0.3 is 11.3 Å². The van der Waals surface area contributed by atoms with Crippen LogP contribution in [0.3, 0.4) is 0 Å². The van der Waals surface area contributed by atoms with Gasteiger partial charge in [0.05, 0.1) is 12.8 Å². The lowest BCUT2D eigenvalue weighted by atomic mass is 10.2. The zero-order valence-electron chi connectivity index (χ0n) is 12.0. The van der Waals surface area contributed by atoms with Crippen molar-refractivity contribution in [1.29, 1.82) is 0 Å². The highest BCUT2D eigenvalue weighted by molar-refractivity contribution is 5.34. The van der Waals surface area contributed by atoms with Gasteiger partial charge in [0.2, 0.25) is 0 Å². The first kappa shape index (κ1) is 15.8. The first-order valence-electron chi connectivity index (χ1n) is 6.58. The monoisotopic (exact) mass is 309 g/mol. The van der Waals surface area contributed by atoms with Crippen LogP contribution in [0.1, 0.15) is 18.4 Å². The molecular formula is C17H11NO5. The zero-order chi connectivity index (χ0) is 16.3. The van der Waals surface area contributed by atoms with E-state index in [9.17, 15) is 9.59 Å². The summed E-state index contributed by atoms with van der Waals surface area (Å²) in [5.74, 6) is 17.0. The number of hydrogen-bond donors (Lipinski definition) is 0. The van der Waals surface area contributed by atoms with Gasteiger partial charge in [-0.3, -0.25) is 9.05 Å². The molecule has 0 atom stereocenters. The van der Waals surface area contributed by atoms with E-state index in [1.807, 2.05) is 30.3 Å². The molecule has 6 heteroatoms. The quantitative estimate of drug-likeness (QED) is 0.602. The van der Waals surface area contributed by atoms with Gasteiger partial charge in [-0.05, 0) is 12.1 Å². The molecule has 1 heterocycles. The minimum atomic E-state index is -1.14. The second kappa shape index (κ2) is 8.67. The van der Waals surface area contributed by atoms with E-state index in [1.54, 1.807) is 0 Å². The molecule has 1 aromatic heterocycles. The number of nitrogens with zero attached hydrogens (tertiary/aromatic N) is 1. The Morgan fingerprint density at radius 3 is 2.17 bits per heavy atom. The van der Waals surface area contributed by atoms with Crippen LogP contribution in [0, 0.1) is 35.5 Å². The highest BCUT2D eigenvalue weighted by Gasteiger charge is 2.03. The van der Waals surface area contributed by atoms with E-state index >= 15 is 0 Å². The second-order valence-electron chi connectivity index (χ2n) is 3.98. The van der Waals surface area contributed by atoms with Crippen LogP contribution in [0.2, 0.25) is 0 Å². The van der Waals surface area contributed by atoms with Crippen LogP contribution in [0.25, 0.3) is 0 Å². The lowest BCUT2D eigenvalue weighted by molar-refractivity contribution is -0.135. The topological polar surface area (TPSA) is 74.6 Å². The summed E-state index contributed by atoms with van der Waals surface area (Å²) in [5, 5.41) is 0.324. The van der Waals surface area contributed by atoms with E-state index < -0.39 is 11.3 Å². The average molecular weight is 309 g/mol. The van der Waals surface area contributed by atoms with Crippen molar-refractivity contribution in [2.45, 2.75) is 12.8 Å². The first-order valence-corrected chi connectivity index (χ1v) is 6.58. The van der Waals surface area contributed by atoms with Gasteiger partial charge in [0, 0.05) is 5.56 Å². The van der Waals surface area contributed by atoms with E-state index in [-0.39, 0.29) is 6.61 Å². The van der Waals surface area contributed by atoms with Gasteiger partial charge < -0.3 is 4.84 Å². The predicted molar refractivity (Wildman–Crippen MR) is 81.1 cm³/mol. The van der Waals surface area contributed by atoms with Crippen molar-refractivity contribution in [3.63, 3.8) is 0 Å². The summed E-state index contributed by atoms with van der Waals surface area (Å²) >= 11 is 0. The summed E-state index contributed by atoms with van der Waals surface area (Å²) in [7, 11) is 0. The molecule has 0 spiro atoms. The Bertz CT molecular complexity index is 902. The lowest BCUT2D eigenvalue weighted by Gasteiger charge is -1.92. The predicted octanol–water partition coefficient (Wildman–Crippen LogP) is 0.662. The maximum atomic E-state index is 10.7. The highest BCUT2D eigenvalue weighted by Crippen LogP contribution is 1.94. The van der Waals surface area contributed by atoms with E-state index in [4.69, 9.17) is 4.84 Å². The van der Waals surface area contributed by atoms with E-state index in [0.717, 1.165) is 5.56 Å². The van der Waals surface area contributed by atoms with Gasteiger partial charge in [0.25, 0.3) is 0 Å². The normalized spacial score (nSPS) is 8.70. The Balaban J connectivity index is 1.67. The summed E-state index contributed by atoms with van der Waals surface area (Å²) in [6, 6.07) is 9.65. The standard InChI is InChI=1S/C17H11NO5/c19-16-17(20)23-18(22-16)21-14-10-5-3-1-2-4-7-11-15-12-8-6-9-13-15/h6,8-9,12-13H,3-4,14H2. The maximum absolute atomic E-state index is 10.7. The molecule has 0 fully saturated rings. The molecular weight excluding hydrogens is 298 g/mol. The van der Waals surface area contributed by atoms with Gasteiger partial charge in [-0.25, -0.2) is 9.59 Å². The van der Waals surface area contributed by atoms with Gasteiger partial charge in [-0.1, -0.05) is 53.7 Å². The van der Waals surface area contributed by atoms with Gasteiger partial charge in [0.15, 0.2) is 6.61 Å². The summed E-state index contributed by atoms with van der Waals surface area (Å²) in [5.41, 5.74) is -1.32. The fraction of sp³-hybridized carbons (Fsp3) is 0.176. The Morgan fingerprint density at radius 1 is 0.870 bits per heavy atom. The average Bonchev–Trinajstić information content (AvgIpc) is 2.88. The fourth-order valence-corrected chi connectivity index (χ4v) is 1.36. The van der Waals surface area contributed by atoms with Crippen LogP contribution in [-0.2, 0) is 0 Å². The van der Waals surface area contributed by atoms with Crippen molar-refractivity contribution in [1.82, 2.24) is 5.08 Å².